The summed E-state index contributed by atoms with van der Waals surface area (Å²) in [4.78, 5) is 11.8. The standard InChI is InChI=1S/C17H19ClN2O/c1-13-11-15(18)7-8-16(13)19-10-9-17(21)20-12-14-5-3-2-4-6-14/h2-8,11,19H,9-10,12H2,1H3,(H,20,21). The molecular weight excluding hydrogens is 284 g/mol. The molecule has 0 aromatic heterocycles. The lowest BCUT2D eigenvalue weighted by Crippen LogP contribution is -2.24. The van der Waals surface area contributed by atoms with Gasteiger partial charge < -0.3 is 10.6 Å². The molecule has 0 saturated heterocycles. The predicted molar refractivity (Wildman–Crippen MR) is 87.6 cm³/mol. The Morgan fingerprint density at radius 2 is 1.90 bits per heavy atom. The van der Waals surface area contributed by atoms with Crippen LogP contribution in [0.15, 0.2) is 48.5 Å². The molecule has 0 saturated carbocycles. The molecule has 0 bridgehead atoms. The molecule has 2 N–H and O–H groups in total. The van der Waals surface area contributed by atoms with Gasteiger partial charge in [-0.05, 0) is 36.2 Å². The number of aryl methyl sites for hydroxylation is 1. The first-order valence-electron chi connectivity index (χ1n) is 6.96. The van der Waals surface area contributed by atoms with Gasteiger partial charge in [-0.1, -0.05) is 41.9 Å². The number of hydrogen-bond acceptors (Lipinski definition) is 2. The summed E-state index contributed by atoms with van der Waals surface area (Å²) in [6.45, 7) is 3.16. The summed E-state index contributed by atoms with van der Waals surface area (Å²) in [5.41, 5.74) is 3.19. The van der Waals surface area contributed by atoms with Crippen molar-refractivity contribution in [2.75, 3.05) is 11.9 Å². The molecule has 0 heterocycles. The molecule has 1 amide bonds. The predicted octanol–water partition coefficient (Wildman–Crippen LogP) is 3.77. The van der Waals surface area contributed by atoms with Gasteiger partial charge in [0, 0.05) is 30.2 Å². The van der Waals surface area contributed by atoms with Crippen LogP contribution in [0.25, 0.3) is 0 Å². The van der Waals surface area contributed by atoms with Gasteiger partial charge in [-0.3, -0.25) is 4.79 Å². The topological polar surface area (TPSA) is 41.1 Å². The number of benzene rings is 2. The van der Waals surface area contributed by atoms with Gasteiger partial charge in [0.1, 0.15) is 0 Å². The van der Waals surface area contributed by atoms with Crippen molar-refractivity contribution in [2.45, 2.75) is 19.9 Å². The fourth-order valence-corrected chi connectivity index (χ4v) is 2.25. The van der Waals surface area contributed by atoms with Crippen LogP contribution in [0, 0.1) is 6.92 Å². The second kappa shape index (κ2) is 7.70. The molecule has 2 aromatic rings. The van der Waals surface area contributed by atoms with Gasteiger partial charge in [0.2, 0.25) is 5.91 Å². The van der Waals surface area contributed by atoms with Crippen molar-refractivity contribution in [2.24, 2.45) is 0 Å². The largest absolute Gasteiger partial charge is 0.384 e. The molecule has 0 atom stereocenters. The molecule has 0 radical (unpaired) electrons. The van der Waals surface area contributed by atoms with Gasteiger partial charge in [0.15, 0.2) is 0 Å². The van der Waals surface area contributed by atoms with E-state index in [1.807, 2.05) is 55.5 Å². The maximum Gasteiger partial charge on any atom is 0.222 e. The van der Waals surface area contributed by atoms with Crippen LogP contribution < -0.4 is 10.6 Å². The Morgan fingerprint density at radius 1 is 1.14 bits per heavy atom. The van der Waals surface area contributed by atoms with E-state index in [4.69, 9.17) is 11.6 Å². The average molecular weight is 303 g/mol. The first-order valence-corrected chi connectivity index (χ1v) is 7.33. The minimum atomic E-state index is 0.0398. The van der Waals surface area contributed by atoms with Crippen molar-refractivity contribution < 1.29 is 4.79 Å². The van der Waals surface area contributed by atoms with Crippen molar-refractivity contribution in [1.29, 1.82) is 0 Å². The summed E-state index contributed by atoms with van der Waals surface area (Å²) in [5.74, 6) is 0.0398. The number of nitrogens with one attached hydrogen (secondary N) is 2. The van der Waals surface area contributed by atoms with Crippen LogP contribution in [-0.2, 0) is 11.3 Å². The molecule has 0 spiro atoms. The second-order valence-electron chi connectivity index (χ2n) is 4.90. The SMILES string of the molecule is Cc1cc(Cl)ccc1NCCC(=O)NCc1ccccc1. The average Bonchev–Trinajstić information content (AvgIpc) is 2.48. The van der Waals surface area contributed by atoms with Crippen molar-refractivity contribution in [1.82, 2.24) is 5.32 Å². The summed E-state index contributed by atoms with van der Waals surface area (Å²) in [5, 5.41) is 6.88. The molecule has 21 heavy (non-hydrogen) atoms. The molecule has 0 unspecified atom stereocenters. The Morgan fingerprint density at radius 3 is 2.62 bits per heavy atom. The van der Waals surface area contributed by atoms with Gasteiger partial charge in [-0.25, -0.2) is 0 Å². The summed E-state index contributed by atoms with van der Waals surface area (Å²) in [6.07, 6.45) is 0.439. The van der Waals surface area contributed by atoms with Crippen LogP contribution >= 0.6 is 11.6 Å². The molecule has 110 valence electrons. The van der Waals surface area contributed by atoms with Crippen LogP contribution in [0.2, 0.25) is 5.02 Å². The van der Waals surface area contributed by atoms with E-state index in [1.54, 1.807) is 0 Å². The molecule has 0 aliphatic heterocycles. The minimum Gasteiger partial charge on any atom is -0.384 e. The quantitative estimate of drug-likeness (QED) is 0.853. The summed E-state index contributed by atoms with van der Waals surface area (Å²) in [7, 11) is 0. The highest BCUT2D eigenvalue weighted by Crippen LogP contribution is 2.19. The summed E-state index contributed by atoms with van der Waals surface area (Å²) < 4.78 is 0. The maximum absolute atomic E-state index is 11.8. The maximum atomic E-state index is 11.8. The smallest absolute Gasteiger partial charge is 0.222 e. The normalized spacial score (nSPS) is 10.2. The van der Waals surface area contributed by atoms with Gasteiger partial charge in [-0.2, -0.15) is 0 Å². The van der Waals surface area contributed by atoms with Crippen LogP contribution in [0.5, 0.6) is 0 Å². The molecule has 2 aromatic carbocycles. The highest BCUT2D eigenvalue weighted by atomic mass is 35.5. The number of rotatable bonds is 6. The van der Waals surface area contributed by atoms with E-state index in [0.29, 0.717) is 19.5 Å². The third-order valence-electron chi connectivity index (χ3n) is 3.19. The molecule has 0 fully saturated rings. The second-order valence-corrected chi connectivity index (χ2v) is 5.33. The number of halogens is 1. The van der Waals surface area contributed by atoms with E-state index in [1.165, 1.54) is 0 Å². The number of anilines is 1. The summed E-state index contributed by atoms with van der Waals surface area (Å²) in [6, 6.07) is 15.6. The molecular formula is C17H19ClN2O. The van der Waals surface area contributed by atoms with Crippen LogP contribution in [0.4, 0.5) is 5.69 Å². The van der Waals surface area contributed by atoms with Crippen molar-refractivity contribution >= 4 is 23.2 Å². The highest BCUT2D eigenvalue weighted by molar-refractivity contribution is 6.30. The van der Waals surface area contributed by atoms with Crippen LogP contribution in [-0.4, -0.2) is 12.5 Å². The lowest BCUT2D eigenvalue weighted by atomic mass is 10.2. The molecule has 2 rings (SSSR count). The number of amides is 1. The van der Waals surface area contributed by atoms with Crippen LogP contribution in [0.1, 0.15) is 17.5 Å². The molecule has 4 heteroatoms. The van der Waals surface area contributed by atoms with E-state index >= 15 is 0 Å². The van der Waals surface area contributed by atoms with Gasteiger partial charge in [0.25, 0.3) is 0 Å². The Hall–Kier alpha value is -2.00. The first kappa shape index (κ1) is 15.4. The fourth-order valence-electron chi connectivity index (χ4n) is 2.02. The Bertz CT molecular complexity index is 599. The number of hydrogen-bond donors (Lipinski definition) is 2. The third-order valence-corrected chi connectivity index (χ3v) is 3.42. The van der Waals surface area contributed by atoms with Gasteiger partial charge in [-0.15, -0.1) is 0 Å². The van der Waals surface area contributed by atoms with Crippen molar-refractivity contribution in [3.8, 4) is 0 Å². The van der Waals surface area contributed by atoms with Gasteiger partial charge in [0.05, 0.1) is 0 Å². The van der Waals surface area contributed by atoms with Crippen molar-refractivity contribution in [3.05, 3.63) is 64.7 Å². The lowest BCUT2D eigenvalue weighted by molar-refractivity contribution is -0.121. The fraction of sp³-hybridized carbons (Fsp3) is 0.235. The van der Waals surface area contributed by atoms with Gasteiger partial charge >= 0.3 is 0 Å². The number of carbonyl (C=O) groups excluding carboxylic acids is 1. The Balaban J connectivity index is 1.72. The highest BCUT2D eigenvalue weighted by Gasteiger charge is 2.03. The number of carbonyl (C=O) groups is 1. The zero-order chi connectivity index (χ0) is 15.1. The zero-order valence-corrected chi connectivity index (χ0v) is 12.8. The summed E-state index contributed by atoms with van der Waals surface area (Å²) >= 11 is 5.91. The molecule has 3 nitrogen and oxygen atoms in total. The van der Waals surface area contributed by atoms with Crippen LogP contribution in [0.3, 0.4) is 0 Å². The lowest BCUT2D eigenvalue weighted by Gasteiger charge is -2.10. The Kier molecular flexibility index (Phi) is 5.64. The van der Waals surface area contributed by atoms with E-state index in [9.17, 15) is 4.79 Å². The molecule has 0 aliphatic carbocycles. The third kappa shape index (κ3) is 5.12. The van der Waals surface area contributed by atoms with E-state index in [2.05, 4.69) is 10.6 Å². The van der Waals surface area contributed by atoms with Crippen molar-refractivity contribution in [3.63, 3.8) is 0 Å². The minimum absolute atomic E-state index is 0.0398. The van der Waals surface area contributed by atoms with E-state index in [-0.39, 0.29) is 5.91 Å². The Labute approximate surface area is 130 Å². The van der Waals surface area contributed by atoms with E-state index in [0.717, 1.165) is 21.8 Å². The van der Waals surface area contributed by atoms with E-state index < -0.39 is 0 Å². The zero-order valence-electron chi connectivity index (χ0n) is 12.0. The monoisotopic (exact) mass is 302 g/mol. The molecule has 0 aliphatic rings. The first-order chi connectivity index (χ1) is 10.1.